The molecule has 0 heteroatoms. The molecule has 0 N–H and O–H groups in total. The highest BCUT2D eigenvalue weighted by molar-refractivity contribution is 5.12. The van der Waals surface area contributed by atoms with E-state index >= 15 is 0 Å². The van der Waals surface area contributed by atoms with Gasteiger partial charge in [0.05, 0.1) is 0 Å². The fourth-order valence-corrected chi connectivity index (χ4v) is 1.15. The monoisotopic (exact) mass is 110 g/mol. The standard InChI is InChI=1S/C8H14/c1-7-5-4-6-8(7,2)3/h6H,4-5H2,1-3H3. The molecule has 0 aromatic heterocycles. The van der Waals surface area contributed by atoms with Crippen molar-refractivity contribution in [3.8, 4) is 0 Å². The molecule has 0 spiro atoms. The average Bonchev–Trinajstić information content (AvgIpc) is 1.86. The van der Waals surface area contributed by atoms with Crippen molar-refractivity contribution < 1.29 is 0 Å². The van der Waals surface area contributed by atoms with Crippen molar-refractivity contribution in [3.05, 3.63) is 12.3 Å². The van der Waals surface area contributed by atoms with Gasteiger partial charge < -0.3 is 0 Å². The molecule has 0 aromatic rings. The second kappa shape index (κ2) is 1.75. The third kappa shape index (κ3) is 0.888. The third-order valence-electron chi connectivity index (χ3n) is 2.27. The molecule has 0 nitrogen and oxygen atoms in total. The maximum Gasteiger partial charge on any atom is -0.0213 e. The van der Waals surface area contributed by atoms with Gasteiger partial charge in [-0.15, -0.1) is 0 Å². The Morgan fingerprint density at radius 2 is 2.12 bits per heavy atom. The lowest BCUT2D eigenvalue weighted by Crippen LogP contribution is -2.11. The zero-order valence-electron chi connectivity index (χ0n) is 5.99. The minimum absolute atomic E-state index is 0.444. The Morgan fingerprint density at radius 3 is 2.25 bits per heavy atom. The summed E-state index contributed by atoms with van der Waals surface area (Å²) in [7, 11) is 0. The van der Waals surface area contributed by atoms with Crippen LogP contribution in [0.3, 0.4) is 0 Å². The molecule has 1 saturated carbocycles. The maximum absolute atomic E-state index is 2.41. The molecule has 1 aliphatic carbocycles. The molecule has 0 amide bonds. The van der Waals surface area contributed by atoms with Crippen LogP contribution in [0.5, 0.6) is 0 Å². The molecule has 0 bridgehead atoms. The van der Waals surface area contributed by atoms with Gasteiger partial charge in [-0.05, 0) is 30.6 Å². The van der Waals surface area contributed by atoms with Crippen LogP contribution in [0.4, 0.5) is 0 Å². The molecule has 0 atom stereocenters. The Kier molecular flexibility index (Phi) is 1.34. The molecule has 1 rings (SSSR count). The van der Waals surface area contributed by atoms with Gasteiger partial charge in [0.1, 0.15) is 0 Å². The second-order valence-electron chi connectivity index (χ2n) is 3.24. The first kappa shape index (κ1) is 6.12. The van der Waals surface area contributed by atoms with Crippen LogP contribution in [0.15, 0.2) is 0 Å². The van der Waals surface area contributed by atoms with Crippen LogP contribution in [0.2, 0.25) is 0 Å². The zero-order valence-corrected chi connectivity index (χ0v) is 5.99. The van der Waals surface area contributed by atoms with E-state index in [0.717, 1.165) is 0 Å². The summed E-state index contributed by atoms with van der Waals surface area (Å²) < 4.78 is 0. The predicted molar refractivity (Wildman–Crippen MR) is 36.2 cm³/mol. The second-order valence-corrected chi connectivity index (χ2v) is 3.24. The Bertz CT molecular complexity index is 82.0. The van der Waals surface area contributed by atoms with Crippen molar-refractivity contribution in [1.29, 1.82) is 0 Å². The highest BCUT2D eigenvalue weighted by Gasteiger charge is 2.31. The fourth-order valence-electron chi connectivity index (χ4n) is 1.15. The molecule has 46 valence electrons. The van der Waals surface area contributed by atoms with Crippen LogP contribution in [-0.2, 0) is 0 Å². The quantitative estimate of drug-likeness (QED) is 0.449. The van der Waals surface area contributed by atoms with Gasteiger partial charge in [0.2, 0.25) is 0 Å². The summed E-state index contributed by atoms with van der Waals surface area (Å²) in [5, 5.41) is 0. The molecule has 0 unspecified atom stereocenters. The first-order valence-electron chi connectivity index (χ1n) is 3.30. The summed E-state index contributed by atoms with van der Waals surface area (Å²) in [5.74, 6) is 1.64. The summed E-state index contributed by atoms with van der Waals surface area (Å²) in [6, 6.07) is 0. The van der Waals surface area contributed by atoms with Crippen molar-refractivity contribution >= 4 is 0 Å². The topological polar surface area (TPSA) is 0 Å². The van der Waals surface area contributed by atoms with Gasteiger partial charge in [-0.1, -0.05) is 20.8 Å². The Morgan fingerprint density at radius 1 is 1.50 bits per heavy atom. The van der Waals surface area contributed by atoms with Gasteiger partial charge in [0.15, 0.2) is 0 Å². The van der Waals surface area contributed by atoms with Gasteiger partial charge >= 0.3 is 0 Å². The molecule has 0 heterocycles. The number of hydrogen-bond donors (Lipinski definition) is 0. The van der Waals surface area contributed by atoms with Gasteiger partial charge in [-0.2, -0.15) is 0 Å². The minimum Gasteiger partial charge on any atom is -0.0591 e. The molecule has 1 fully saturated rings. The van der Waals surface area contributed by atoms with E-state index in [4.69, 9.17) is 0 Å². The van der Waals surface area contributed by atoms with Gasteiger partial charge in [0, 0.05) is 0 Å². The Labute approximate surface area is 52.3 Å². The fraction of sp³-hybridized carbons (Fsp3) is 0.750. The van der Waals surface area contributed by atoms with Crippen molar-refractivity contribution in [2.75, 3.05) is 0 Å². The summed E-state index contributed by atoms with van der Waals surface area (Å²) >= 11 is 0. The van der Waals surface area contributed by atoms with E-state index in [1.807, 2.05) is 0 Å². The molecule has 0 saturated heterocycles. The molecule has 0 aromatic carbocycles. The SMILES string of the molecule is C[C]1CC[CH]C1(C)C. The van der Waals surface area contributed by atoms with E-state index in [0.29, 0.717) is 5.41 Å². The first-order valence-corrected chi connectivity index (χ1v) is 3.30. The van der Waals surface area contributed by atoms with E-state index in [1.165, 1.54) is 12.8 Å². The minimum atomic E-state index is 0.444. The van der Waals surface area contributed by atoms with E-state index in [2.05, 4.69) is 27.2 Å². The van der Waals surface area contributed by atoms with E-state index in [1.54, 1.807) is 5.92 Å². The lowest BCUT2D eigenvalue weighted by atomic mass is 9.83. The average molecular weight is 110 g/mol. The maximum atomic E-state index is 2.41. The van der Waals surface area contributed by atoms with E-state index < -0.39 is 0 Å². The largest absolute Gasteiger partial charge is 0.0591 e. The summed E-state index contributed by atoms with van der Waals surface area (Å²) in [6.45, 7) is 6.83. The van der Waals surface area contributed by atoms with Crippen LogP contribution in [0.1, 0.15) is 33.6 Å². The molecular weight excluding hydrogens is 96.1 g/mol. The summed E-state index contributed by atoms with van der Waals surface area (Å²) in [5.41, 5.74) is 0.444. The van der Waals surface area contributed by atoms with Gasteiger partial charge in [-0.25, -0.2) is 0 Å². The van der Waals surface area contributed by atoms with Crippen LogP contribution >= 0.6 is 0 Å². The lowest BCUT2D eigenvalue weighted by Gasteiger charge is -2.21. The van der Waals surface area contributed by atoms with Crippen LogP contribution in [-0.4, -0.2) is 0 Å². The lowest BCUT2D eigenvalue weighted by molar-refractivity contribution is 0.497. The van der Waals surface area contributed by atoms with Crippen molar-refractivity contribution in [3.63, 3.8) is 0 Å². The molecule has 1 aliphatic rings. The summed E-state index contributed by atoms with van der Waals surface area (Å²) in [4.78, 5) is 0. The highest BCUT2D eigenvalue weighted by atomic mass is 14.4. The van der Waals surface area contributed by atoms with Crippen LogP contribution in [0.25, 0.3) is 0 Å². The van der Waals surface area contributed by atoms with Gasteiger partial charge in [0.25, 0.3) is 0 Å². The van der Waals surface area contributed by atoms with E-state index in [-0.39, 0.29) is 0 Å². The Hall–Kier alpha value is 0. The molecular formula is C8H14. The molecule has 8 heavy (non-hydrogen) atoms. The Balaban J connectivity index is 2.54. The van der Waals surface area contributed by atoms with Gasteiger partial charge in [-0.3, -0.25) is 0 Å². The summed E-state index contributed by atoms with van der Waals surface area (Å²) in [6.07, 6.45) is 5.01. The van der Waals surface area contributed by atoms with Crippen LogP contribution in [0, 0.1) is 17.8 Å². The number of rotatable bonds is 0. The molecule has 2 radical (unpaired) electrons. The first-order chi connectivity index (χ1) is 3.63. The zero-order chi connectivity index (χ0) is 6.20. The third-order valence-corrected chi connectivity index (χ3v) is 2.27. The van der Waals surface area contributed by atoms with E-state index in [9.17, 15) is 0 Å². The normalized spacial score (nSPS) is 28.9. The highest BCUT2D eigenvalue weighted by Crippen LogP contribution is 2.42. The van der Waals surface area contributed by atoms with Crippen molar-refractivity contribution in [1.82, 2.24) is 0 Å². The molecule has 0 aliphatic heterocycles. The predicted octanol–water partition coefficient (Wildman–Crippen LogP) is 2.61. The number of hydrogen-bond acceptors (Lipinski definition) is 0. The van der Waals surface area contributed by atoms with Crippen molar-refractivity contribution in [2.24, 2.45) is 5.41 Å². The smallest absolute Gasteiger partial charge is 0.0213 e. The van der Waals surface area contributed by atoms with Crippen LogP contribution < -0.4 is 0 Å². The van der Waals surface area contributed by atoms with Crippen molar-refractivity contribution in [2.45, 2.75) is 33.6 Å².